The zero-order valence-corrected chi connectivity index (χ0v) is 8.96. The Hall–Kier alpha value is -1.38. The molecule has 0 fully saturated rings. The molecule has 1 rings (SSSR count). The fourth-order valence-corrected chi connectivity index (χ4v) is 1.12. The number of ether oxygens (including phenoxy) is 3. The number of methoxy groups -OCH3 is 2. The van der Waals surface area contributed by atoms with Gasteiger partial charge in [-0.25, -0.2) is 0 Å². The van der Waals surface area contributed by atoms with E-state index in [4.69, 9.17) is 14.2 Å². The maximum atomic E-state index is 5.52. The molecule has 0 aliphatic carbocycles. The van der Waals surface area contributed by atoms with E-state index in [0.717, 1.165) is 0 Å². The highest BCUT2D eigenvalue weighted by atomic mass is 16.5. The molecule has 0 atom stereocenters. The molecule has 1 aromatic carbocycles. The predicted octanol–water partition coefficient (Wildman–Crippen LogP) is 2.29. The number of hydrogen-bond donors (Lipinski definition) is 0. The van der Waals surface area contributed by atoms with Gasteiger partial charge in [0.25, 0.3) is 0 Å². The van der Waals surface area contributed by atoms with Crippen molar-refractivity contribution >= 4 is 0 Å². The zero-order chi connectivity index (χ0) is 10.6. The van der Waals surface area contributed by atoms with E-state index in [1.807, 2.05) is 13.8 Å². The minimum atomic E-state index is 0.0901. The monoisotopic (exact) mass is 195 g/mol. The topological polar surface area (TPSA) is 27.7 Å². The summed E-state index contributed by atoms with van der Waals surface area (Å²) >= 11 is 0. The Morgan fingerprint density at radius 1 is 1.21 bits per heavy atom. The Labute approximate surface area is 84.6 Å². The summed E-state index contributed by atoms with van der Waals surface area (Å²) in [5, 5.41) is 0. The number of benzene rings is 1. The fourth-order valence-electron chi connectivity index (χ4n) is 1.12. The van der Waals surface area contributed by atoms with Crippen LogP contribution in [0, 0.1) is 6.07 Å². The molecule has 0 spiro atoms. The lowest BCUT2D eigenvalue weighted by Crippen LogP contribution is -2.07. The Morgan fingerprint density at radius 2 is 1.93 bits per heavy atom. The van der Waals surface area contributed by atoms with Crippen LogP contribution in [0.1, 0.15) is 13.8 Å². The molecule has 0 heterocycles. The standard InChI is InChI=1S/C11H15O3/c1-8(2)14-10-7-5-6-9(12-3)11(10)13-4/h5-6,8H,1-4H3. The van der Waals surface area contributed by atoms with Gasteiger partial charge in [0.1, 0.15) is 0 Å². The van der Waals surface area contributed by atoms with E-state index in [1.165, 1.54) is 0 Å². The predicted molar refractivity (Wildman–Crippen MR) is 54.1 cm³/mol. The summed E-state index contributed by atoms with van der Waals surface area (Å²) < 4.78 is 15.8. The third-order valence-corrected chi connectivity index (χ3v) is 1.66. The highest BCUT2D eigenvalue weighted by Gasteiger charge is 2.11. The molecular weight excluding hydrogens is 180 g/mol. The van der Waals surface area contributed by atoms with Crippen LogP contribution in [0.2, 0.25) is 0 Å². The molecule has 0 saturated carbocycles. The van der Waals surface area contributed by atoms with Gasteiger partial charge in [-0.15, -0.1) is 0 Å². The van der Waals surface area contributed by atoms with E-state index in [2.05, 4.69) is 6.07 Å². The smallest absolute Gasteiger partial charge is 0.203 e. The second kappa shape index (κ2) is 4.74. The minimum absolute atomic E-state index is 0.0901. The average Bonchev–Trinajstić information content (AvgIpc) is 2.16. The van der Waals surface area contributed by atoms with Gasteiger partial charge >= 0.3 is 0 Å². The Balaban J connectivity index is 3.02. The maximum absolute atomic E-state index is 5.52. The van der Waals surface area contributed by atoms with E-state index in [-0.39, 0.29) is 6.10 Å². The maximum Gasteiger partial charge on any atom is 0.203 e. The van der Waals surface area contributed by atoms with Crippen LogP contribution >= 0.6 is 0 Å². The molecule has 3 heteroatoms. The molecule has 0 amide bonds. The normalized spacial score (nSPS) is 10.1. The van der Waals surface area contributed by atoms with Crippen molar-refractivity contribution in [1.29, 1.82) is 0 Å². The quantitative estimate of drug-likeness (QED) is 0.737. The SMILES string of the molecule is COc1cc[c]c(OC(C)C)c1OC. The molecule has 77 valence electrons. The van der Waals surface area contributed by atoms with Gasteiger partial charge in [-0.3, -0.25) is 0 Å². The summed E-state index contributed by atoms with van der Waals surface area (Å²) in [6.07, 6.45) is 0.0901. The fraction of sp³-hybridized carbons (Fsp3) is 0.455. The first kappa shape index (κ1) is 10.7. The molecule has 0 aliphatic rings. The third-order valence-electron chi connectivity index (χ3n) is 1.66. The van der Waals surface area contributed by atoms with Crippen molar-refractivity contribution in [3.8, 4) is 17.2 Å². The van der Waals surface area contributed by atoms with Gasteiger partial charge in [0, 0.05) is 6.07 Å². The van der Waals surface area contributed by atoms with Crippen LogP contribution < -0.4 is 14.2 Å². The van der Waals surface area contributed by atoms with E-state index >= 15 is 0 Å². The Kier molecular flexibility index (Phi) is 3.63. The zero-order valence-electron chi connectivity index (χ0n) is 8.96. The van der Waals surface area contributed by atoms with Crippen molar-refractivity contribution < 1.29 is 14.2 Å². The van der Waals surface area contributed by atoms with Crippen molar-refractivity contribution in [2.45, 2.75) is 20.0 Å². The third kappa shape index (κ3) is 2.31. The molecule has 14 heavy (non-hydrogen) atoms. The van der Waals surface area contributed by atoms with Crippen LogP contribution in [-0.2, 0) is 0 Å². The van der Waals surface area contributed by atoms with Gasteiger partial charge in [-0.2, -0.15) is 0 Å². The van der Waals surface area contributed by atoms with Gasteiger partial charge in [0.2, 0.25) is 5.75 Å². The Morgan fingerprint density at radius 3 is 2.43 bits per heavy atom. The largest absolute Gasteiger partial charge is 0.493 e. The van der Waals surface area contributed by atoms with Crippen molar-refractivity contribution in [2.24, 2.45) is 0 Å². The summed E-state index contributed by atoms with van der Waals surface area (Å²) in [7, 11) is 3.18. The summed E-state index contributed by atoms with van der Waals surface area (Å²) in [5.74, 6) is 1.83. The average molecular weight is 195 g/mol. The molecule has 0 aromatic heterocycles. The Bertz CT molecular complexity index is 295. The summed E-state index contributed by atoms with van der Waals surface area (Å²) in [6, 6.07) is 6.50. The van der Waals surface area contributed by atoms with Crippen LogP contribution in [0.15, 0.2) is 12.1 Å². The first-order valence-corrected chi connectivity index (χ1v) is 4.48. The number of hydrogen-bond acceptors (Lipinski definition) is 3. The lowest BCUT2D eigenvalue weighted by atomic mass is 10.3. The lowest BCUT2D eigenvalue weighted by Gasteiger charge is -2.14. The van der Waals surface area contributed by atoms with Crippen molar-refractivity contribution in [2.75, 3.05) is 14.2 Å². The molecule has 3 nitrogen and oxygen atoms in total. The van der Waals surface area contributed by atoms with Gasteiger partial charge in [0.05, 0.1) is 20.3 Å². The van der Waals surface area contributed by atoms with Crippen molar-refractivity contribution in [3.05, 3.63) is 18.2 Å². The van der Waals surface area contributed by atoms with Gasteiger partial charge in [-0.05, 0) is 26.0 Å². The highest BCUT2D eigenvalue weighted by Crippen LogP contribution is 2.36. The minimum Gasteiger partial charge on any atom is -0.493 e. The summed E-state index contributed by atoms with van der Waals surface area (Å²) in [5.41, 5.74) is 0. The molecule has 0 saturated heterocycles. The van der Waals surface area contributed by atoms with Crippen molar-refractivity contribution in [3.63, 3.8) is 0 Å². The molecule has 0 aliphatic heterocycles. The first-order valence-electron chi connectivity index (χ1n) is 4.48. The van der Waals surface area contributed by atoms with Crippen LogP contribution in [0.5, 0.6) is 17.2 Å². The van der Waals surface area contributed by atoms with E-state index in [1.54, 1.807) is 26.4 Å². The van der Waals surface area contributed by atoms with E-state index in [0.29, 0.717) is 17.2 Å². The molecule has 1 radical (unpaired) electrons. The second-order valence-electron chi connectivity index (χ2n) is 3.08. The highest BCUT2D eigenvalue weighted by molar-refractivity contribution is 5.50. The van der Waals surface area contributed by atoms with E-state index in [9.17, 15) is 0 Å². The van der Waals surface area contributed by atoms with Gasteiger partial charge in [0.15, 0.2) is 11.5 Å². The van der Waals surface area contributed by atoms with Crippen LogP contribution in [0.4, 0.5) is 0 Å². The van der Waals surface area contributed by atoms with Crippen molar-refractivity contribution in [1.82, 2.24) is 0 Å². The second-order valence-corrected chi connectivity index (χ2v) is 3.08. The lowest BCUT2D eigenvalue weighted by molar-refractivity contribution is 0.226. The van der Waals surface area contributed by atoms with Crippen LogP contribution in [0.25, 0.3) is 0 Å². The first-order chi connectivity index (χ1) is 6.69. The van der Waals surface area contributed by atoms with Crippen LogP contribution in [-0.4, -0.2) is 20.3 Å². The molecule has 0 bridgehead atoms. The van der Waals surface area contributed by atoms with Crippen LogP contribution in [0.3, 0.4) is 0 Å². The summed E-state index contributed by atoms with van der Waals surface area (Å²) in [4.78, 5) is 0. The van der Waals surface area contributed by atoms with E-state index < -0.39 is 0 Å². The summed E-state index contributed by atoms with van der Waals surface area (Å²) in [6.45, 7) is 3.90. The molecule has 1 aromatic rings. The van der Waals surface area contributed by atoms with Gasteiger partial charge in [-0.1, -0.05) is 0 Å². The molecule has 0 unspecified atom stereocenters. The molecule has 0 N–H and O–H groups in total. The van der Waals surface area contributed by atoms with Gasteiger partial charge < -0.3 is 14.2 Å². The molecular formula is C11H15O3. The number of rotatable bonds is 4.